The SMILES string of the molecule is CC(C)(C)c1ccnc(-n2c3[c-]c(Oc4[c-]c(-n5[cH+]n(C(C)(C)C)c6ccccc65)ccc4)c(C(C)(C)C)cc3c3ccccc32)c1.[Pt]. The van der Waals surface area contributed by atoms with Gasteiger partial charge in [0.2, 0.25) is 0 Å². The number of ether oxygens (including phenoxy) is 1. The van der Waals surface area contributed by atoms with Crippen LogP contribution in [0.1, 0.15) is 73.4 Å². The van der Waals surface area contributed by atoms with Crippen molar-refractivity contribution in [2.24, 2.45) is 0 Å². The molecule has 0 amide bonds. The van der Waals surface area contributed by atoms with Crippen LogP contribution in [-0.2, 0) is 37.4 Å². The molecule has 0 spiro atoms. The maximum atomic E-state index is 6.79. The van der Waals surface area contributed by atoms with E-state index in [4.69, 9.17) is 9.72 Å². The first kappa shape index (κ1) is 33.7. The van der Waals surface area contributed by atoms with E-state index < -0.39 is 0 Å². The van der Waals surface area contributed by atoms with E-state index in [-0.39, 0.29) is 37.4 Å². The van der Waals surface area contributed by atoms with E-state index >= 15 is 0 Å². The fourth-order valence-electron chi connectivity index (χ4n) is 6.39. The average molecular weight is 815 g/mol. The molecular weight excluding hydrogens is 772 g/mol. The number of hydrogen-bond donors (Lipinski definition) is 0. The van der Waals surface area contributed by atoms with Gasteiger partial charge in [-0.3, -0.25) is 0 Å². The Kier molecular flexibility index (Phi) is 8.45. The molecule has 7 rings (SSSR count). The van der Waals surface area contributed by atoms with Gasteiger partial charge in [0.25, 0.3) is 0 Å². The van der Waals surface area contributed by atoms with Gasteiger partial charge in [-0.2, -0.15) is 12.1 Å². The summed E-state index contributed by atoms with van der Waals surface area (Å²) in [6.07, 6.45) is 4.07. The Morgan fingerprint density at radius 1 is 0.688 bits per heavy atom. The van der Waals surface area contributed by atoms with Crippen LogP contribution in [0.25, 0.3) is 44.3 Å². The number of nitrogens with zero attached hydrogens (tertiary/aromatic N) is 4. The topological polar surface area (TPSA) is 36.9 Å². The van der Waals surface area contributed by atoms with Gasteiger partial charge in [-0.1, -0.05) is 76.7 Å². The molecule has 0 unspecified atom stereocenters. The normalized spacial score (nSPS) is 12.5. The molecule has 0 saturated carbocycles. The average Bonchev–Trinajstić information content (AvgIpc) is 3.56. The summed E-state index contributed by atoms with van der Waals surface area (Å²) >= 11 is 0. The molecule has 3 aromatic heterocycles. The van der Waals surface area contributed by atoms with Crippen LogP contribution >= 0.6 is 0 Å². The van der Waals surface area contributed by atoms with Crippen LogP contribution in [0.3, 0.4) is 0 Å². The number of hydrogen-bond acceptors (Lipinski definition) is 2. The predicted octanol–water partition coefficient (Wildman–Crippen LogP) is 10.9. The summed E-state index contributed by atoms with van der Waals surface area (Å²) in [6, 6.07) is 37.0. The first-order valence-electron chi connectivity index (χ1n) is 16.4. The molecule has 0 radical (unpaired) electrons. The number of aromatic nitrogens is 4. The van der Waals surface area contributed by atoms with Crippen molar-refractivity contribution in [1.29, 1.82) is 0 Å². The van der Waals surface area contributed by atoms with Crippen molar-refractivity contribution in [3.63, 3.8) is 0 Å². The Balaban J connectivity index is 0.00000401. The Morgan fingerprint density at radius 3 is 2.06 bits per heavy atom. The third kappa shape index (κ3) is 5.98. The van der Waals surface area contributed by atoms with Crippen LogP contribution in [-0.4, -0.2) is 18.7 Å². The van der Waals surface area contributed by atoms with Crippen LogP contribution in [0.2, 0.25) is 0 Å². The minimum absolute atomic E-state index is 0. The molecule has 7 aromatic rings. The fraction of sp³-hybridized carbons (Fsp3) is 0.286. The molecule has 0 fully saturated rings. The largest absolute Gasteiger partial charge is 0.508 e. The van der Waals surface area contributed by atoms with Crippen LogP contribution in [0, 0.1) is 12.1 Å². The summed E-state index contributed by atoms with van der Waals surface area (Å²) in [5, 5.41) is 2.29. The quantitative estimate of drug-likeness (QED) is 0.166. The minimum Gasteiger partial charge on any atom is -0.508 e. The second-order valence-corrected chi connectivity index (χ2v) is 15.5. The number of fused-ring (bicyclic) bond motifs is 4. The fourth-order valence-corrected chi connectivity index (χ4v) is 6.39. The molecule has 248 valence electrons. The molecule has 0 aliphatic rings. The zero-order chi connectivity index (χ0) is 33.3. The Hall–Kier alpha value is -4.21. The molecular formula is C42H43N4OPt-. The number of para-hydroxylation sites is 3. The zero-order valence-electron chi connectivity index (χ0n) is 29.3. The number of imidazole rings is 1. The minimum atomic E-state index is -0.194. The first-order chi connectivity index (χ1) is 22.2. The Bertz CT molecular complexity index is 2290. The number of rotatable bonds is 4. The molecule has 4 aromatic carbocycles. The molecule has 48 heavy (non-hydrogen) atoms. The van der Waals surface area contributed by atoms with Crippen LogP contribution in [0.4, 0.5) is 0 Å². The third-order valence-electron chi connectivity index (χ3n) is 8.91. The summed E-state index contributed by atoms with van der Waals surface area (Å²) < 4.78 is 13.5. The second kappa shape index (κ2) is 12.0. The maximum absolute atomic E-state index is 6.79. The summed E-state index contributed by atoms with van der Waals surface area (Å²) in [5.41, 5.74) is 7.27. The summed E-state index contributed by atoms with van der Waals surface area (Å²) in [6.45, 7) is 20.0. The van der Waals surface area contributed by atoms with Crippen molar-refractivity contribution in [3.8, 4) is 23.0 Å². The van der Waals surface area contributed by atoms with Gasteiger partial charge >= 0.3 is 0 Å². The van der Waals surface area contributed by atoms with Crippen molar-refractivity contribution in [1.82, 2.24) is 18.7 Å². The van der Waals surface area contributed by atoms with Crippen LogP contribution in [0.15, 0.2) is 97.5 Å². The first-order valence-corrected chi connectivity index (χ1v) is 16.4. The molecule has 3 heterocycles. The van der Waals surface area contributed by atoms with Gasteiger partial charge in [-0.25, -0.2) is 14.1 Å². The second-order valence-electron chi connectivity index (χ2n) is 15.5. The molecule has 0 bridgehead atoms. The molecule has 0 saturated heterocycles. The van der Waals surface area contributed by atoms with E-state index in [1.54, 1.807) is 0 Å². The number of pyridine rings is 1. The van der Waals surface area contributed by atoms with Crippen molar-refractivity contribution >= 4 is 32.8 Å². The molecule has 0 atom stereocenters. The molecule has 0 aliphatic heterocycles. The molecule has 0 N–H and O–H groups in total. The van der Waals surface area contributed by atoms with Gasteiger partial charge in [-0.15, -0.1) is 29.1 Å². The third-order valence-corrected chi connectivity index (χ3v) is 8.91. The zero-order valence-corrected chi connectivity index (χ0v) is 31.5. The predicted molar refractivity (Wildman–Crippen MR) is 194 cm³/mol. The van der Waals surface area contributed by atoms with Gasteiger partial charge in [0.05, 0.1) is 5.54 Å². The van der Waals surface area contributed by atoms with E-state index in [2.05, 4.69) is 167 Å². The Labute approximate surface area is 298 Å². The van der Waals surface area contributed by atoms with Gasteiger partial charge in [-0.05, 0) is 67.5 Å². The van der Waals surface area contributed by atoms with Gasteiger partial charge in [0.15, 0.2) is 17.4 Å². The van der Waals surface area contributed by atoms with E-state index in [1.165, 1.54) is 16.5 Å². The summed E-state index contributed by atoms with van der Waals surface area (Å²) in [5.74, 6) is 2.20. The monoisotopic (exact) mass is 814 g/mol. The van der Waals surface area contributed by atoms with Gasteiger partial charge < -0.3 is 9.30 Å². The Morgan fingerprint density at radius 2 is 1.38 bits per heavy atom. The van der Waals surface area contributed by atoms with Crippen LogP contribution in [0.5, 0.6) is 11.5 Å². The van der Waals surface area contributed by atoms with E-state index in [9.17, 15) is 0 Å². The standard InChI is InChI=1S/C42H43N4O.Pt/c1-40(2,3)28-21-22-43-39(23-28)46-34-18-11-10-17-31(34)32-25-33(41(4,5)6)38(26-37(32)46)47-30-16-14-15-29(24-30)44-27-45(42(7,8)9)36-20-13-12-19-35(36)44;/h10-23,25,27H,1-9H3;/q-1;. The van der Waals surface area contributed by atoms with E-state index in [0.717, 1.165) is 39.0 Å². The van der Waals surface area contributed by atoms with Gasteiger partial charge in [0.1, 0.15) is 5.82 Å². The number of benzene rings is 4. The molecule has 6 heteroatoms. The smallest absolute Gasteiger partial charge is 0.188 e. The van der Waals surface area contributed by atoms with E-state index in [1.807, 2.05) is 18.3 Å². The van der Waals surface area contributed by atoms with Crippen molar-refractivity contribution in [2.45, 2.75) is 78.7 Å². The summed E-state index contributed by atoms with van der Waals surface area (Å²) in [7, 11) is 0. The molecule has 5 nitrogen and oxygen atoms in total. The van der Waals surface area contributed by atoms with Crippen molar-refractivity contribution in [3.05, 3.63) is 121 Å². The summed E-state index contributed by atoms with van der Waals surface area (Å²) in [4.78, 5) is 4.86. The van der Waals surface area contributed by atoms with Crippen molar-refractivity contribution < 1.29 is 25.8 Å². The van der Waals surface area contributed by atoms with E-state index in [0.29, 0.717) is 11.5 Å². The maximum Gasteiger partial charge on any atom is 0.188 e. The molecule has 0 aliphatic carbocycles. The van der Waals surface area contributed by atoms with Crippen LogP contribution < -0.4 is 4.74 Å². The van der Waals surface area contributed by atoms with Gasteiger partial charge in [0, 0.05) is 62.1 Å². The van der Waals surface area contributed by atoms with Crippen molar-refractivity contribution in [2.75, 3.05) is 0 Å².